The van der Waals surface area contributed by atoms with E-state index in [1.807, 2.05) is 0 Å². The zero-order valence-electron chi connectivity index (χ0n) is 10.8. The van der Waals surface area contributed by atoms with Crippen LogP contribution in [-0.2, 0) is 9.53 Å². The fourth-order valence-electron chi connectivity index (χ4n) is 1.42. The van der Waals surface area contributed by atoms with Gasteiger partial charge in [0, 0.05) is 13.0 Å². The van der Waals surface area contributed by atoms with Crippen molar-refractivity contribution < 1.29 is 9.53 Å². The van der Waals surface area contributed by atoms with Crippen LogP contribution in [0.15, 0.2) is 0 Å². The minimum absolute atomic E-state index is 0. The van der Waals surface area contributed by atoms with Gasteiger partial charge in [0.05, 0.1) is 0 Å². The molecule has 0 rings (SSSR count). The monoisotopic (exact) mass is 251 g/mol. The Bertz CT molecular complexity index is 161. The zero-order chi connectivity index (χ0) is 11.5. The van der Waals surface area contributed by atoms with Crippen LogP contribution >= 0.6 is 12.4 Å². The number of unbranched alkanes of at least 4 members (excludes halogenated alkanes) is 2. The number of hydrogen-bond acceptors (Lipinski definition) is 3. The first-order chi connectivity index (χ1) is 7.24. The second-order valence-corrected chi connectivity index (χ2v) is 3.70. The Kier molecular flexibility index (Phi) is 14.5. The SMILES string of the molecule is CCCCCC(=O)OCCN(CC)CC.Cl. The third kappa shape index (κ3) is 10.2. The van der Waals surface area contributed by atoms with Crippen molar-refractivity contribution in [3.63, 3.8) is 0 Å². The summed E-state index contributed by atoms with van der Waals surface area (Å²) in [6.07, 6.45) is 3.80. The summed E-state index contributed by atoms with van der Waals surface area (Å²) >= 11 is 0. The van der Waals surface area contributed by atoms with Gasteiger partial charge in [0.2, 0.25) is 0 Å². The van der Waals surface area contributed by atoms with Gasteiger partial charge in [-0.05, 0) is 19.5 Å². The van der Waals surface area contributed by atoms with Gasteiger partial charge in [-0.3, -0.25) is 4.79 Å². The first-order valence-corrected chi connectivity index (χ1v) is 6.12. The average Bonchev–Trinajstić information content (AvgIpc) is 2.25. The predicted octanol–water partition coefficient (Wildman–Crippen LogP) is 2.87. The Labute approximate surface area is 106 Å². The smallest absolute Gasteiger partial charge is 0.305 e. The summed E-state index contributed by atoms with van der Waals surface area (Å²) < 4.78 is 5.14. The highest BCUT2D eigenvalue weighted by Gasteiger charge is 2.03. The highest BCUT2D eigenvalue weighted by molar-refractivity contribution is 5.85. The molecule has 0 radical (unpaired) electrons. The topological polar surface area (TPSA) is 29.5 Å². The van der Waals surface area contributed by atoms with Crippen molar-refractivity contribution in [3.05, 3.63) is 0 Å². The molecule has 0 N–H and O–H groups in total. The zero-order valence-corrected chi connectivity index (χ0v) is 11.6. The maximum atomic E-state index is 11.2. The molecule has 0 heterocycles. The van der Waals surface area contributed by atoms with E-state index >= 15 is 0 Å². The van der Waals surface area contributed by atoms with Crippen LogP contribution in [0.2, 0.25) is 0 Å². The quantitative estimate of drug-likeness (QED) is 0.466. The van der Waals surface area contributed by atoms with Crippen LogP contribution in [0.25, 0.3) is 0 Å². The molecule has 0 atom stereocenters. The second kappa shape index (κ2) is 12.8. The van der Waals surface area contributed by atoms with Crippen LogP contribution in [0.5, 0.6) is 0 Å². The summed E-state index contributed by atoms with van der Waals surface area (Å²) in [4.78, 5) is 13.5. The molecule has 16 heavy (non-hydrogen) atoms. The van der Waals surface area contributed by atoms with Crippen molar-refractivity contribution in [1.29, 1.82) is 0 Å². The molecular weight excluding hydrogens is 226 g/mol. The second-order valence-electron chi connectivity index (χ2n) is 3.70. The lowest BCUT2D eigenvalue weighted by molar-refractivity contribution is -0.144. The van der Waals surface area contributed by atoms with Gasteiger partial charge < -0.3 is 9.64 Å². The molecule has 0 aromatic rings. The lowest BCUT2D eigenvalue weighted by atomic mass is 10.2. The molecule has 0 aliphatic carbocycles. The number of nitrogens with zero attached hydrogens (tertiary/aromatic N) is 1. The van der Waals surface area contributed by atoms with E-state index in [2.05, 4.69) is 25.7 Å². The van der Waals surface area contributed by atoms with Crippen LogP contribution in [0, 0.1) is 0 Å². The summed E-state index contributed by atoms with van der Waals surface area (Å²) in [7, 11) is 0. The van der Waals surface area contributed by atoms with Crippen molar-refractivity contribution in [2.75, 3.05) is 26.2 Å². The van der Waals surface area contributed by atoms with E-state index in [-0.39, 0.29) is 18.4 Å². The van der Waals surface area contributed by atoms with Crippen LogP contribution < -0.4 is 0 Å². The van der Waals surface area contributed by atoms with Gasteiger partial charge >= 0.3 is 5.97 Å². The van der Waals surface area contributed by atoms with Gasteiger partial charge in [-0.2, -0.15) is 0 Å². The number of hydrogen-bond donors (Lipinski definition) is 0. The molecule has 0 saturated carbocycles. The maximum absolute atomic E-state index is 11.2. The number of carbonyl (C=O) groups is 1. The molecule has 0 aliphatic heterocycles. The Morgan fingerprint density at radius 3 is 2.25 bits per heavy atom. The Morgan fingerprint density at radius 2 is 1.75 bits per heavy atom. The molecule has 0 saturated heterocycles. The van der Waals surface area contributed by atoms with Gasteiger partial charge in [0.15, 0.2) is 0 Å². The van der Waals surface area contributed by atoms with Crippen LogP contribution in [0.4, 0.5) is 0 Å². The largest absolute Gasteiger partial charge is 0.464 e. The van der Waals surface area contributed by atoms with Crippen molar-refractivity contribution in [1.82, 2.24) is 4.90 Å². The van der Waals surface area contributed by atoms with Gasteiger partial charge in [0.25, 0.3) is 0 Å². The van der Waals surface area contributed by atoms with Crippen molar-refractivity contribution >= 4 is 18.4 Å². The predicted molar refractivity (Wildman–Crippen MR) is 70.1 cm³/mol. The van der Waals surface area contributed by atoms with Gasteiger partial charge in [0.1, 0.15) is 6.61 Å². The van der Waals surface area contributed by atoms with Crippen molar-refractivity contribution in [2.45, 2.75) is 46.5 Å². The molecule has 0 aromatic carbocycles. The average molecular weight is 252 g/mol. The standard InChI is InChI=1S/C12H25NO2.ClH/c1-4-7-8-9-12(14)15-11-10-13(5-2)6-3;/h4-11H2,1-3H3;1H. The van der Waals surface area contributed by atoms with E-state index in [9.17, 15) is 4.79 Å². The lowest BCUT2D eigenvalue weighted by Crippen LogP contribution is -2.27. The molecular formula is C12H26ClNO2. The first kappa shape index (κ1) is 18.1. The molecule has 0 fully saturated rings. The van der Waals surface area contributed by atoms with E-state index in [4.69, 9.17) is 4.74 Å². The first-order valence-electron chi connectivity index (χ1n) is 6.12. The number of rotatable bonds is 9. The minimum atomic E-state index is -0.0457. The molecule has 0 bridgehead atoms. The van der Waals surface area contributed by atoms with Crippen molar-refractivity contribution in [3.8, 4) is 0 Å². The normalized spacial score (nSPS) is 10.0. The van der Waals surface area contributed by atoms with E-state index in [0.717, 1.165) is 38.9 Å². The summed E-state index contributed by atoms with van der Waals surface area (Å²) in [6, 6.07) is 0. The maximum Gasteiger partial charge on any atom is 0.305 e. The molecule has 4 heteroatoms. The van der Waals surface area contributed by atoms with Gasteiger partial charge in [-0.1, -0.05) is 33.6 Å². The van der Waals surface area contributed by atoms with E-state index in [0.29, 0.717) is 13.0 Å². The Hall–Kier alpha value is -0.280. The van der Waals surface area contributed by atoms with Gasteiger partial charge in [-0.25, -0.2) is 0 Å². The fourth-order valence-corrected chi connectivity index (χ4v) is 1.42. The highest BCUT2D eigenvalue weighted by Crippen LogP contribution is 2.00. The highest BCUT2D eigenvalue weighted by atomic mass is 35.5. The van der Waals surface area contributed by atoms with Crippen LogP contribution in [0.3, 0.4) is 0 Å². The van der Waals surface area contributed by atoms with Crippen LogP contribution in [-0.4, -0.2) is 37.1 Å². The summed E-state index contributed by atoms with van der Waals surface area (Å²) in [5.74, 6) is -0.0457. The molecule has 0 amide bonds. The molecule has 98 valence electrons. The van der Waals surface area contributed by atoms with Crippen molar-refractivity contribution in [2.24, 2.45) is 0 Å². The third-order valence-corrected chi connectivity index (χ3v) is 2.55. The van der Waals surface area contributed by atoms with Gasteiger partial charge in [-0.15, -0.1) is 12.4 Å². The lowest BCUT2D eigenvalue weighted by Gasteiger charge is -2.17. The van der Waals surface area contributed by atoms with E-state index < -0.39 is 0 Å². The molecule has 3 nitrogen and oxygen atoms in total. The summed E-state index contributed by atoms with van der Waals surface area (Å²) in [5.41, 5.74) is 0. The number of likely N-dealkylation sites (N-methyl/N-ethyl adjacent to an activating group) is 1. The van der Waals surface area contributed by atoms with Crippen LogP contribution in [0.1, 0.15) is 46.5 Å². The number of ether oxygens (including phenoxy) is 1. The molecule has 0 spiro atoms. The molecule has 0 aromatic heterocycles. The Balaban J connectivity index is 0. The Morgan fingerprint density at radius 1 is 1.12 bits per heavy atom. The molecule has 0 unspecified atom stereocenters. The number of halogens is 1. The third-order valence-electron chi connectivity index (χ3n) is 2.55. The number of esters is 1. The number of carbonyl (C=O) groups excluding carboxylic acids is 1. The molecule has 0 aliphatic rings. The summed E-state index contributed by atoms with van der Waals surface area (Å²) in [6.45, 7) is 9.79. The summed E-state index contributed by atoms with van der Waals surface area (Å²) in [5, 5.41) is 0. The van der Waals surface area contributed by atoms with E-state index in [1.54, 1.807) is 0 Å². The minimum Gasteiger partial charge on any atom is -0.464 e. The van der Waals surface area contributed by atoms with E-state index in [1.165, 1.54) is 0 Å². The fraction of sp³-hybridized carbons (Fsp3) is 0.917.